The highest BCUT2D eigenvalue weighted by atomic mass is 32.2. The van der Waals surface area contributed by atoms with Crippen molar-refractivity contribution in [3.8, 4) is 0 Å². The van der Waals surface area contributed by atoms with Crippen LogP contribution in [0.1, 0.15) is 39.2 Å². The normalized spacial score (nSPS) is 23.5. The van der Waals surface area contributed by atoms with E-state index < -0.39 is 16.2 Å². The highest BCUT2D eigenvalue weighted by Crippen LogP contribution is 2.37. The van der Waals surface area contributed by atoms with Crippen LogP contribution in [0.25, 0.3) is 0 Å². The fourth-order valence-corrected chi connectivity index (χ4v) is 5.64. The second-order valence-corrected chi connectivity index (χ2v) is 10.9. The summed E-state index contributed by atoms with van der Waals surface area (Å²) in [6.07, 6.45) is 2.33. The molecule has 2 aromatic heterocycles. The third-order valence-electron chi connectivity index (χ3n) is 6.09. The number of nitrogens with one attached hydrogen (secondary N) is 1. The van der Waals surface area contributed by atoms with Crippen molar-refractivity contribution in [2.45, 2.75) is 56.9 Å². The molecule has 0 aliphatic carbocycles. The number of pyridine rings is 2. The SMILES string of the molecule is CC1CN(c2ncccc2CNS(=O)(=O)c2cccc(N3CC[C@H](F)C3)n2)C(C)(C)C1. The van der Waals surface area contributed by atoms with E-state index in [-0.39, 0.29) is 23.7 Å². The van der Waals surface area contributed by atoms with E-state index in [0.29, 0.717) is 24.7 Å². The maximum Gasteiger partial charge on any atom is 0.258 e. The number of rotatable bonds is 6. The van der Waals surface area contributed by atoms with Gasteiger partial charge in [-0.2, -0.15) is 0 Å². The molecule has 2 aliphatic rings. The molecule has 0 bridgehead atoms. The lowest BCUT2D eigenvalue weighted by atomic mass is 9.97. The summed E-state index contributed by atoms with van der Waals surface area (Å²) < 4.78 is 42.1. The summed E-state index contributed by atoms with van der Waals surface area (Å²) in [6, 6.07) is 8.54. The second-order valence-electron chi connectivity index (χ2n) is 9.21. The molecule has 7 nitrogen and oxygen atoms in total. The predicted molar refractivity (Wildman–Crippen MR) is 119 cm³/mol. The minimum absolute atomic E-state index is 0.0404. The Labute approximate surface area is 183 Å². The molecule has 0 saturated carbocycles. The van der Waals surface area contributed by atoms with Gasteiger partial charge in [-0.1, -0.05) is 19.1 Å². The fourth-order valence-electron chi connectivity index (χ4n) is 4.67. The molecular weight excluding hydrogens is 417 g/mol. The lowest BCUT2D eigenvalue weighted by Crippen LogP contribution is -2.39. The van der Waals surface area contributed by atoms with Crippen LogP contribution in [0.5, 0.6) is 0 Å². The van der Waals surface area contributed by atoms with Gasteiger partial charge in [0, 0.05) is 36.9 Å². The van der Waals surface area contributed by atoms with Crippen LogP contribution in [0.3, 0.4) is 0 Å². The molecule has 4 rings (SSSR count). The molecule has 2 fully saturated rings. The quantitative estimate of drug-likeness (QED) is 0.733. The van der Waals surface area contributed by atoms with Gasteiger partial charge in [-0.3, -0.25) is 0 Å². The summed E-state index contributed by atoms with van der Waals surface area (Å²) >= 11 is 0. The molecule has 2 aliphatic heterocycles. The molecule has 0 spiro atoms. The lowest BCUT2D eigenvalue weighted by Gasteiger charge is -2.34. The number of hydrogen-bond donors (Lipinski definition) is 1. The zero-order valence-electron chi connectivity index (χ0n) is 18.3. The summed E-state index contributed by atoms with van der Waals surface area (Å²) in [6.45, 7) is 8.38. The zero-order chi connectivity index (χ0) is 22.2. The first kappa shape index (κ1) is 22.0. The van der Waals surface area contributed by atoms with Crippen molar-refractivity contribution >= 4 is 21.7 Å². The number of hydrogen-bond acceptors (Lipinski definition) is 6. The highest BCUT2D eigenvalue weighted by Gasteiger charge is 2.38. The van der Waals surface area contributed by atoms with Crippen LogP contribution >= 0.6 is 0 Å². The summed E-state index contributed by atoms with van der Waals surface area (Å²) in [5.74, 6) is 1.84. The minimum atomic E-state index is -3.83. The third-order valence-corrected chi connectivity index (χ3v) is 7.39. The van der Waals surface area contributed by atoms with Gasteiger partial charge in [-0.25, -0.2) is 27.5 Å². The Bertz CT molecular complexity index is 1050. The van der Waals surface area contributed by atoms with Gasteiger partial charge in [-0.05, 0) is 50.8 Å². The molecule has 4 heterocycles. The molecule has 2 atom stereocenters. The fraction of sp³-hybridized carbons (Fsp3) is 0.545. The van der Waals surface area contributed by atoms with Crippen LogP contribution in [-0.2, 0) is 16.6 Å². The number of halogens is 1. The Morgan fingerprint density at radius 1 is 1.23 bits per heavy atom. The largest absolute Gasteiger partial charge is 0.354 e. The maximum atomic E-state index is 13.5. The molecule has 2 saturated heterocycles. The van der Waals surface area contributed by atoms with Crippen molar-refractivity contribution in [1.82, 2.24) is 14.7 Å². The van der Waals surface area contributed by atoms with E-state index in [1.165, 1.54) is 6.07 Å². The number of nitrogens with zero attached hydrogens (tertiary/aromatic N) is 4. The van der Waals surface area contributed by atoms with Gasteiger partial charge in [-0.15, -0.1) is 0 Å². The van der Waals surface area contributed by atoms with E-state index in [2.05, 4.69) is 40.4 Å². The Morgan fingerprint density at radius 3 is 2.71 bits per heavy atom. The van der Waals surface area contributed by atoms with E-state index in [9.17, 15) is 12.8 Å². The summed E-state index contributed by atoms with van der Waals surface area (Å²) in [5, 5.41) is -0.0622. The minimum Gasteiger partial charge on any atom is -0.354 e. The maximum absolute atomic E-state index is 13.5. The zero-order valence-corrected chi connectivity index (χ0v) is 19.1. The van der Waals surface area contributed by atoms with Crippen molar-refractivity contribution in [3.05, 3.63) is 42.1 Å². The average Bonchev–Trinajstić information content (AvgIpc) is 3.28. The topological polar surface area (TPSA) is 78.4 Å². The van der Waals surface area contributed by atoms with E-state index in [4.69, 9.17) is 0 Å². The van der Waals surface area contributed by atoms with E-state index in [1.807, 2.05) is 12.1 Å². The first-order chi connectivity index (χ1) is 14.7. The smallest absolute Gasteiger partial charge is 0.258 e. The second kappa shape index (κ2) is 8.35. The molecule has 168 valence electrons. The van der Waals surface area contributed by atoms with Gasteiger partial charge in [0.25, 0.3) is 10.0 Å². The molecule has 9 heteroatoms. The van der Waals surface area contributed by atoms with Crippen molar-refractivity contribution < 1.29 is 12.8 Å². The van der Waals surface area contributed by atoms with Gasteiger partial charge < -0.3 is 9.80 Å². The molecule has 1 unspecified atom stereocenters. The number of sulfonamides is 1. The first-order valence-electron chi connectivity index (χ1n) is 10.7. The number of anilines is 2. The van der Waals surface area contributed by atoms with Crippen LogP contribution in [-0.4, -0.2) is 49.7 Å². The van der Waals surface area contributed by atoms with Crippen LogP contribution in [0, 0.1) is 5.92 Å². The Kier molecular flexibility index (Phi) is 5.91. The Hall–Kier alpha value is -2.26. The van der Waals surface area contributed by atoms with Crippen LogP contribution in [0.4, 0.5) is 16.0 Å². The van der Waals surface area contributed by atoms with Crippen LogP contribution in [0.15, 0.2) is 41.6 Å². The van der Waals surface area contributed by atoms with Gasteiger partial charge in [0.1, 0.15) is 17.8 Å². The molecule has 1 N–H and O–H groups in total. The van der Waals surface area contributed by atoms with Gasteiger partial charge in [0.2, 0.25) is 0 Å². The molecule has 0 radical (unpaired) electrons. The van der Waals surface area contributed by atoms with Gasteiger partial charge >= 0.3 is 0 Å². The summed E-state index contributed by atoms with van der Waals surface area (Å²) in [4.78, 5) is 12.9. The monoisotopic (exact) mass is 447 g/mol. The summed E-state index contributed by atoms with van der Waals surface area (Å²) in [5.41, 5.74) is 0.783. The molecule has 31 heavy (non-hydrogen) atoms. The molecule has 2 aromatic rings. The number of alkyl halides is 1. The number of aromatic nitrogens is 2. The standard InChI is InChI=1S/C22H30FN5O2S/c1-16-12-22(2,3)28(14-16)21-17(6-5-10-24-21)13-25-31(29,30)20-8-4-7-19(26-20)27-11-9-18(23)15-27/h4-8,10,16,18,25H,9,11-15H2,1-3H3/t16?,18-/m0/s1. The summed E-state index contributed by atoms with van der Waals surface area (Å²) in [7, 11) is -3.83. The molecule has 0 amide bonds. The molecular formula is C22H30FN5O2S. The Morgan fingerprint density at radius 2 is 2.03 bits per heavy atom. The van der Waals surface area contributed by atoms with Crippen LogP contribution in [0.2, 0.25) is 0 Å². The molecule has 0 aromatic carbocycles. The first-order valence-corrected chi connectivity index (χ1v) is 12.2. The average molecular weight is 448 g/mol. The van der Waals surface area contributed by atoms with E-state index in [1.54, 1.807) is 23.2 Å². The van der Waals surface area contributed by atoms with E-state index >= 15 is 0 Å². The van der Waals surface area contributed by atoms with E-state index in [0.717, 1.165) is 24.3 Å². The highest BCUT2D eigenvalue weighted by molar-refractivity contribution is 7.89. The predicted octanol–water partition coefficient (Wildman–Crippen LogP) is 3.13. The third kappa shape index (κ3) is 4.67. The van der Waals surface area contributed by atoms with Crippen molar-refractivity contribution in [3.63, 3.8) is 0 Å². The van der Waals surface area contributed by atoms with Crippen LogP contribution < -0.4 is 14.5 Å². The van der Waals surface area contributed by atoms with Crippen molar-refractivity contribution in [1.29, 1.82) is 0 Å². The van der Waals surface area contributed by atoms with Crippen molar-refractivity contribution in [2.24, 2.45) is 5.92 Å². The van der Waals surface area contributed by atoms with Gasteiger partial charge in [0.15, 0.2) is 5.03 Å². The van der Waals surface area contributed by atoms with Gasteiger partial charge in [0.05, 0.1) is 6.54 Å². The lowest BCUT2D eigenvalue weighted by molar-refractivity contribution is 0.364. The van der Waals surface area contributed by atoms with Crippen molar-refractivity contribution in [2.75, 3.05) is 29.4 Å². The Balaban J connectivity index is 1.52.